The summed E-state index contributed by atoms with van der Waals surface area (Å²) in [5.41, 5.74) is 1.36. The Bertz CT molecular complexity index is 1740. The maximum atomic E-state index is 15.8. The second-order valence-electron chi connectivity index (χ2n) is 10.5. The topological polar surface area (TPSA) is 109 Å². The van der Waals surface area contributed by atoms with E-state index in [9.17, 15) is 17.2 Å². The zero-order valence-corrected chi connectivity index (χ0v) is 25.4. The molecule has 2 aromatic carbocycles. The minimum Gasteiger partial charge on any atom is -0.497 e. The van der Waals surface area contributed by atoms with Gasteiger partial charge in [0.25, 0.3) is 10.0 Å². The molecule has 4 aromatic rings. The van der Waals surface area contributed by atoms with Crippen LogP contribution in [0.4, 0.5) is 19.0 Å². The molecule has 0 spiro atoms. The first-order valence-electron chi connectivity index (χ1n) is 13.8. The number of sulfonamides is 1. The number of aryl methyl sites for hydroxylation is 2. The number of halogens is 3. The van der Waals surface area contributed by atoms with Gasteiger partial charge in [-0.1, -0.05) is 0 Å². The van der Waals surface area contributed by atoms with E-state index in [0.717, 1.165) is 10.4 Å². The third-order valence-corrected chi connectivity index (χ3v) is 9.47. The first-order valence-corrected chi connectivity index (χ1v) is 15.2. The van der Waals surface area contributed by atoms with Crippen LogP contribution in [0.5, 0.6) is 17.2 Å². The Morgan fingerprint density at radius 3 is 2.52 bits per heavy atom. The summed E-state index contributed by atoms with van der Waals surface area (Å²) in [5, 5.41) is 4.10. The summed E-state index contributed by atoms with van der Waals surface area (Å²) >= 11 is 0. The number of hydrogen-bond donors (Lipinski definition) is 0. The van der Waals surface area contributed by atoms with E-state index in [4.69, 9.17) is 14.2 Å². The van der Waals surface area contributed by atoms with Gasteiger partial charge in [0.05, 0.1) is 20.8 Å². The SMILES string of the molecule is COc1ccc(CN(c2ccncn2)S(=O)(=O)c2cc(C)c(O[C@H]3CCC(F)(F)C[C@@H]3c3ccnn3C)cc2F)c(OC)c1. The van der Waals surface area contributed by atoms with Gasteiger partial charge >= 0.3 is 0 Å². The highest BCUT2D eigenvalue weighted by atomic mass is 32.2. The first-order chi connectivity index (χ1) is 20.9. The Kier molecular flexibility index (Phi) is 8.73. The van der Waals surface area contributed by atoms with Gasteiger partial charge in [-0.3, -0.25) is 4.68 Å². The van der Waals surface area contributed by atoms with Crippen molar-refractivity contribution in [1.29, 1.82) is 0 Å². The fourth-order valence-electron chi connectivity index (χ4n) is 5.39. The molecular formula is C30H32F3N5O5S. The molecule has 0 saturated heterocycles. The summed E-state index contributed by atoms with van der Waals surface area (Å²) < 4.78 is 92.1. The minimum atomic E-state index is -4.55. The number of anilines is 1. The molecule has 0 radical (unpaired) electrons. The molecule has 1 fully saturated rings. The minimum absolute atomic E-state index is 0.0115. The summed E-state index contributed by atoms with van der Waals surface area (Å²) in [6.07, 6.45) is 2.57. The van der Waals surface area contributed by atoms with Crippen LogP contribution in [-0.2, 0) is 23.6 Å². The molecular weight excluding hydrogens is 599 g/mol. The Morgan fingerprint density at radius 2 is 1.86 bits per heavy atom. The third kappa shape index (κ3) is 6.30. The molecule has 44 heavy (non-hydrogen) atoms. The van der Waals surface area contributed by atoms with Gasteiger partial charge in [-0.05, 0) is 43.2 Å². The lowest BCUT2D eigenvalue weighted by molar-refractivity contribution is -0.0698. The normalized spacial score (nSPS) is 18.1. The van der Waals surface area contributed by atoms with Crippen LogP contribution in [-0.4, -0.2) is 54.4 Å². The van der Waals surface area contributed by atoms with E-state index in [1.165, 1.54) is 49.8 Å². The molecule has 2 atom stereocenters. The maximum absolute atomic E-state index is 15.8. The molecule has 0 amide bonds. The van der Waals surface area contributed by atoms with Crippen LogP contribution < -0.4 is 18.5 Å². The molecule has 10 nitrogen and oxygen atoms in total. The molecule has 1 saturated carbocycles. The highest BCUT2D eigenvalue weighted by Gasteiger charge is 2.44. The zero-order valence-electron chi connectivity index (χ0n) is 24.6. The van der Waals surface area contributed by atoms with Crippen molar-refractivity contribution in [1.82, 2.24) is 19.7 Å². The largest absolute Gasteiger partial charge is 0.497 e. The molecule has 2 aromatic heterocycles. The molecule has 1 aliphatic carbocycles. The number of methoxy groups -OCH3 is 2. The standard InChI is InChI=1S/C30H32F3N5O5S/c1-19-13-28(23(31)15-26(19)43-25-7-10-30(32,33)16-22(25)24-8-12-36-37(24)2)44(39,40)38(29-9-11-34-18-35-29)17-20-5-6-21(41-3)14-27(20)42-4/h5-6,8-9,11-15,18,22,25H,7,10,16-17H2,1-4H3/t22-,25+/m1/s1. The van der Waals surface area contributed by atoms with Gasteiger partial charge in [0.1, 0.15) is 46.2 Å². The van der Waals surface area contributed by atoms with Crippen molar-refractivity contribution in [3.8, 4) is 17.2 Å². The Labute approximate surface area is 253 Å². The van der Waals surface area contributed by atoms with Crippen molar-refractivity contribution >= 4 is 15.8 Å². The fourth-order valence-corrected chi connectivity index (χ4v) is 6.93. The molecule has 0 N–H and O–H groups in total. The molecule has 0 unspecified atom stereocenters. The summed E-state index contributed by atoms with van der Waals surface area (Å²) in [6.45, 7) is 1.33. The van der Waals surface area contributed by atoms with E-state index in [2.05, 4.69) is 15.1 Å². The third-order valence-electron chi connectivity index (χ3n) is 7.71. The van der Waals surface area contributed by atoms with Gasteiger partial charge in [0.2, 0.25) is 5.92 Å². The highest BCUT2D eigenvalue weighted by Crippen LogP contribution is 2.44. The van der Waals surface area contributed by atoms with E-state index in [1.54, 1.807) is 38.2 Å². The van der Waals surface area contributed by atoms with Gasteiger partial charge in [0, 0.05) is 67.7 Å². The van der Waals surface area contributed by atoms with Gasteiger partial charge in [-0.25, -0.2) is 35.9 Å². The number of rotatable bonds is 10. The van der Waals surface area contributed by atoms with Gasteiger partial charge in [-0.15, -0.1) is 0 Å². The van der Waals surface area contributed by atoms with Crippen molar-refractivity contribution < 1.29 is 35.8 Å². The number of alkyl halides is 2. The lowest BCUT2D eigenvalue weighted by Crippen LogP contribution is -2.38. The Morgan fingerprint density at radius 1 is 1.07 bits per heavy atom. The monoisotopic (exact) mass is 631 g/mol. The van der Waals surface area contributed by atoms with Crippen LogP contribution in [0.3, 0.4) is 0 Å². The van der Waals surface area contributed by atoms with Crippen LogP contribution in [0.15, 0.2) is 66.1 Å². The number of ether oxygens (including phenoxy) is 3. The van der Waals surface area contributed by atoms with E-state index in [1.807, 2.05) is 0 Å². The van der Waals surface area contributed by atoms with Crippen LogP contribution in [0.2, 0.25) is 0 Å². The van der Waals surface area contributed by atoms with Crippen LogP contribution >= 0.6 is 0 Å². The van der Waals surface area contributed by atoms with Crippen molar-refractivity contribution in [2.45, 2.75) is 55.6 Å². The maximum Gasteiger partial charge on any atom is 0.268 e. The zero-order chi connectivity index (χ0) is 31.6. The number of aromatic nitrogens is 4. The molecule has 0 aliphatic heterocycles. The smallest absolute Gasteiger partial charge is 0.268 e. The molecule has 14 heteroatoms. The molecule has 234 valence electrons. The van der Waals surface area contributed by atoms with Crippen molar-refractivity contribution in [3.05, 3.63) is 83.8 Å². The predicted molar refractivity (Wildman–Crippen MR) is 155 cm³/mol. The average Bonchev–Trinajstić information content (AvgIpc) is 3.43. The van der Waals surface area contributed by atoms with Crippen molar-refractivity contribution in [2.75, 3.05) is 18.5 Å². The van der Waals surface area contributed by atoms with E-state index in [-0.39, 0.29) is 31.0 Å². The van der Waals surface area contributed by atoms with Gasteiger partial charge in [-0.2, -0.15) is 5.10 Å². The lowest BCUT2D eigenvalue weighted by atomic mass is 9.81. The fraction of sp³-hybridized carbons (Fsp3) is 0.367. The number of benzene rings is 2. The predicted octanol–water partition coefficient (Wildman–Crippen LogP) is 5.42. The van der Waals surface area contributed by atoms with Crippen LogP contribution in [0.25, 0.3) is 0 Å². The summed E-state index contributed by atoms with van der Waals surface area (Å²) in [6, 6.07) is 10.1. The summed E-state index contributed by atoms with van der Waals surface area (Å²) in [5.74, 6) is -3.71. The molecule has 0 bridgehead atoms. The molecule has 2 heterocycles. The van der Waals surface area contributed by atoms with Crippen molar-refractivity contribution in [2.24, 2.45) is 7.05 Å². The van der Waals surface area contributed by atoms with E-state index >= 15 is 4.39 Å². The van der Waals surface area contributed by atoms with Crippen LogP contribution in [0.1, 0.15) is 42.0 Å². The Balaban J connectivity index is 1.49. The van der Waals surface area contributed by atoms with Crippen LogP contribution in [0, 0.1) is 12.7 Å². The van der Waals surface area contributed by atoms with E-state index in [0.29, 0.717) is 28.3 Å². The summed E-state index contributed by atoms with van der Waals surface area (Å²) in [4.78, 5) is 7.37. The summed E-state index contributed by atoms with van der Waals surface area (Å²) in [7, 11) is 0.0466. The lowest BCUT2D eigenvalue weighted by Gasteiger charge is -2.36. The second-order valence-corrected chi connectivity index (χ2v) is 12.4. The van der Waals surface area contributed by atoms with Crippen molar-refractivity contribution in [3.63, 3.8) is 0 Å². The van der Waals surface area contributed by atoms with E-state index < -0.39 is 45.1 Å². The quantitative estimate of drug-likeness (QED) is 0.228. The molecule has 5 rings (SSSR count). The van der Waals surface area contributed by atoms with Gasteiger partial charge < -0.3 is 14.2 Å². The first kappa shape index (κ1) is 31.1. The molecule has 1 aliphatic rings. The number of nitrogens with zero attached hydrogens (tertiary/aromatic N) is 5. The second kappa shape index (κ2) is 12.3. The van der Waals surface area contributed by atoms with Gasteiger partial charge in [0.15, 0.2) is 0 Å². The Hall–Kier alpha value is -4.33. The number of hydrogen-bond acceptors (Lipinski definition) is 8. The highest BCUT2D eigenvalue weighted by molar-refractivity contribution is 7.92. The average molecular weight is 632 g/mol.